The van der Waals surface area contributed by atoms with E-state index in [2.05, 4.69) is 18.7 Å². The molecule has 0 aliphatic heterocycles. The quantitative estimate of drug-likeness (QED) is 0.610. The molecule has 0 aliphatic rings. The van der Waals surface area contributed by atoms with Crippen molar-refractivity contribution >= 4 is 5.97 Å². The van der Waals surface area contributed by atoms with E-state index in [1.807, 2.05) is 13.8 Å². The summed E-state index contributed by atoms with van der Waals surface area (Å²) in [6.07, 6.45) is 2.24. The van der Waals surface area contributed by atoms with Crippen LogP contribution in [0.1, 0.15) is 40.5 Å². The fourth-order valence-corrected chi connectivity index (χ4v) is 1.80. The van der Waals surface area contributed by atoms with Gasteiger partial charge in [-0.15, -0.1) is 0 Å². The Labute approximate surface area is 93.8 Å². The first kappa shape index (κ1) is 14.4. The number of methoxy groups -OCH3 is 1. The summed E-state index contributed by atoms with van der Waals surface area (Å²) in [4.78, 5) is 13.9. The zero-order valence-corrected chi connectivity index (χ0v) is 10.8. The van der Waals surface area contributed by atoms with Gasteiger partial charge in [-0.2, -0.15) is 0 Å². The van der Waals surface area contributed by atoms with Crippen molar-refractivity contribution in [3.05, 3.63) is 0 Å². The van der Waals surface area contributed by atoms with Gasteiger partial charge < -0.3 is 9.64 Å². The van der Waals surface area contributed by atoms with E-state index in [0.29, 0.717) is 0 Å². The first-order chi connectivity index (χ1) is 6.97. The predicted molar refractivity (Wildman–Crippen MR) is 62.8 cm³/mol. The van der Waals surface area contributed by atoms with Crippen LogP contribution in [-0.2, 0) is 9.53 Å². The predicted octanol–water partition coefficient (Wildman–Crippen LogP) is 2.31. The van der Waals surface area contributed by atoms with E-state index in [4.69, 9.17) is 4.74 Å². The van der Waals surface area contributed by atoms with Crippen LogP contribution in [0.3, 0.4) is 0 Å². The van der Waals surface area contributed by atoms with Gasteiger partial charge in [0.15, 0.2) is 0 Å². The average molecular weight is 215 g/mol. The van der Waals surface area contributed by atoms with Crippen molar-refractivity contribution in [1.82, 2.24) is 4.90 Å². The molecule has 3 heteroatoms. The van der Waals surface area contributed by atoms with Gasteiger partial charge in [0, 0.05) is 6.54 Å². The molecule has 0 saturated heterocycles. The third-order valence-electron chi connectivity index (χ3n) is 2.44. The van der Waals surface area contributed by atoms with Crippen molar-refractivity contribution in [3.63, 3.8) is 0 Å². The van der Waals surface area contributed by atoms with Crippen LogP contribution in [0.4, 0.5) is 0 Å². The fourth-order valence-electron chi connectivity index (χ4n) is 1.80. The summed E-state index contributed by atoms with van der Waals surface area (Å²) in [7, 11) is 1.45. The molecule has 15 heavy (non-hydrogen) atoms. The highest BCUT2D eigenvalue weighted by atomic mass is 16.5. The molecule has 0 saturated carbocycles. The molecule has 0 atom stereocenters. The first-order valence-electron chi connectivity index (χ1n) is 5.78. The molecule has 0 aliphatic carbocycles. The van der Waals surface area contributed by atoms with Crippen LogP contribution in [0.5, 0.6) is 0 Å². The number of esters is 1. The number of rotatable bonds is 7. The summed E-state index contributed by atoms with van der Waals surface area (Å²) in [5.74, 6) is -0.125. The molecule has 0 rings (SSSR count). The van der Waals surface area contributed by atoms with Crippen molar-refractivity contribution in [3.8, 4) is 0 Å². The molecule has 0 aromatic heterocycles. The van der Waals surface area contributed by atoms with Gasteiger partial charge in [-0.25, -0.2) is 0 Å². The van der Waals surface area contributed by atoms with Crippen LogP contribution in [0.25, 0.3) is 0 Å². The number of ether oxygens (including phenoxy) is 1. The molecular weight excluding hydrogens is 190 g/mol. The fraction of sp³-hybridized carbons (Fsp3) is 0.917. The summed E-state index contributed by atoms with van der Waals surface area (Å²) in [6, 6.07) is 0. The first-order valence-corrected chi connectivity index (χ1v) is 5.78. The Morgan fingerprint density at radius 3 is 2.00 bits per heavy atom. The van der Waals surface area contributed by atoms with Gasteiger partial charge in [-0.3, -0.25) is 4.79 Å². The van der Waals surface area contributed by atoms with Crippen molar-refractivity contribution in [2.75, 3.05) is 26.7 Å². The number of hydrogen-bond acceptors (Lipinski definition) is 3. The topological polar surface area (TPSA) is 29.5 Å². The lowest BCUT2D eigenvalue weighted by Crippen LogP contribution is -2.40. The molecule has 0 radical (unpaired) electrons. The third kappa shape index (κ3) is 5.17. The Kier molecular flexibility index (Phi) is 6.57. The highest BCUT2D eigenvalue weighted by Gasteiger charge is 2.30. The van der Waals surface area contributed by atoms with E-state index in [9.17, 15) is 4.79 Å². The van der Waals surface area contributed by atoms with Crippen LogP contribution in [0, 0.1) is 5.41 Å². The molecule has 0 bridgehead atoms. The Bertz CT molecular complexity index is 184. The number of carbonyl (C=O) groups excluding carboxylic acids is 1. The number of carbonyl (C=O) groups is 1. The Morgan fingerprint density at radius 2 is 1.67 bits per heavy atom. The lowest BCUT2D eigenvalue weighted by atomic mass is 9.93. The molecule has 0 fully saturated rings. The van der Waals surface area contributed by atoms with Gasteiger partial charge in [0.25, 0.3) is 0 Å². The molecule has 0 N–H and O–H groups in total. The maximum absolute atomic E-state index is 11.5. The molecule has 0 aromatic rings. The van der Waals surface area contributed by atoms with Gasteiger partial charge in [0.05, 0.1) is 12.5 Å². The summed E-state index contributed by atoms with van der Waals surface area (Å²) in [6.45, 7) is 11.1. The van der Waals surface area contributed by atoms with E-state index in [1.54, 1.807) is 0 Å². The summed E-state index contributed by atoms with van der Waals surface area (Å²) < 4.78 is 4.81. The normalized spacial score (nSPS) is 11.9. The minimum absolute atomic E-state index is 0.125. The molecule has 0 unspecified atom stereocenters. The zero-order chi connectivity index (χ0) is 11.9. The maximum atomic E-state index is 11.5. The summed E-state index contributed by atoms with van der Waals surface area (Å²) >= 11 is 0. The minimum Gasteiger partial charge on any atom is -0.469 e. The monoisotopic (exact) mass is 215 g/mol. The molecule has 0 amide bonds. The largest absolute Gasteiger partial charge is 0.469 e. The van der Waals surface area contributed by atoms with Crippen molar-refractivity contribution in [1.29, 1.82) is 0 Å². The van der Waals surface area contributed by atoms with E-state index < -0.39 is 5.41 Å². The highest BCUT2D eigenvalue weighted by molar-refractivity contribution is 5.76. The molecule has 90 valence electrons. The van der Waals surface area contributed by atoms with Crippen LogP contribution in [0.15, 0.2) is 0 Å². The smallest absolute Gasteiger partial charge is 0.312 e. The van der Waals surface area contributed by atoms with Crippen LogP contribution < -0.4 is 0 Å². The molecular formula is C12H25NO2. The minimum atomic E-state index is -0.404. The van der Waals surface area contributed by atoms with Crippen LogP contribution in [0.2, 0.25) is 0 Å². The van der Waals surface area contributed by atoms with E-state index in [1.165, 1.54) is 7.11 Å². The van der Waals surface area contributed by atoms with Gasteiger partial charge in [-0.05, 0) is 39.8 Å². The molecule has 0 spiro atoms. The van der Waals surface area contributed by atoms with E-state index >= 15 is 0 Å². The molecule has 3 nitrogen and oxygen atoms in total. The van der Waals surface area contributed by atoms with Gasteiger partial charge in [-0.1, -0.05) is 13.8 Å². The zero-order valence-electron chi connectivity index (χ0n) is 10.8. The van der Waals surface area contributed by atoms with Gasteiger partial charge >= 0.3 is 5.97 Å². The lowest BCUT2D eigenvalue weighted by molar-refractivity contribution is -0.151. The van der Waals surface area contributed by atoms with Crippen molar-refractivity contribution in [2.45, 2.75) is 40.5 Å². The second-order valence-corrected chi connectivity index (χ2v) is 4.65. The Morgan fingerprint density at radius 1 is 1.20 bits per heavy atom. The van der Waals surface area contributed by atoms with E-state index in [-0.39, 0.29) is 5.97 Å². The van der Waals surface area contributed by atoms with Crippen LogP contribution in [-0.4, -0.2) is 37.6 Å². The highest BCUT2D eigenvalue weighted by Crippen LogP contribution is 2.19. The SMILES string of the molecule is CCCN(CCC)CC(C)(C)C(=O)OC. The average Bonchev–Trinajstić information content (AvgIpc) is 2.16. The summed E-state index contributed by atoms with van der Waals surface area (Å²) in [5.41, 5.74) is -0.404. The second kappa shape index (κ2) is 6.83. The maximum Gasteiger partial charge on any atom is 0.312 e. The molecule has 0 aromatic carbocycles. The number of hydrogen-bond donors (Lipinski definition) is 0. The van der Waals surface area contributed by atoms with E-state index in [0.717, 1.165) is 32.5 Å². The van der Waals surface area contributed by atoms with Gasteiger partial charge in [0.1, 0.15) is 0 Å². The third-order valence-corrected chi connectivity index (χ3v) is 2.44. The van der Waals surface area contributed by atoms with Crippen LogP contribution >= 0.6 is 0 Å². The second-order valence-electron chi connectivity index (χ2n) is 4.65. The Balaban J connectivity index is 4.29. The standard InChI is InChI=1S/C12H25NO2/c1-6-8-13(9-7-2)10-12(3,4)11(14)15-5/h6-10H2,1-5H3. The number of nitrogens with zero attached hydrogens (tertiary/aromatic N) is 1. The van der Waals surface area contributed by atoms with Crippen molar-refractivity contribution in [2.24, 2.45) is 5.41 Å². The Hall–Kier alpha value is -0.570. The summed E-state index contributed by atoms with van der Waals surface area (Å²) in [5, 5.41) is 0. The molecule has 0 heterocycles. The van der Waals surface area contributed by atoms with Gasteiger partial charge in [0.2, 0.25) is 0 Å². The van der Waals surface area contributed by atoms with Crippen molar-refractivity contribution < 1.29 is 9.53 Å². The lowest BCUT2D eigenvalue weighted by Gasteiger charge is -2.30.